The monoisotopic (exact) mass is 524 g/mol. The van der Waals surface area contributed by atoms with Crippen molar-refractivity contribution in [3.63, 3.8) is 0 Å². The summed E-state index contributed by atoms with van der Waals surface area (Å²) >= 11 is 0. The van der Waals surface area contributed by atoms with E-state index in [2.05, 4.69) is 15.6 Å². The molecule has 2 aromatic carbocycles. The zero-order chi connectivity index (χ0) is 27.0. The van der Waals surface area contributed by atoms with Gasteiger partial charge in [0.05, 0.1) is 41.7 Å². The molecular formula is C24H18F6N4O3. The largest absolute Gasteiger partial charge is 0.496 e. The summed E-state index contributed by atoms with van der Waals surface area (Å²) in [6.07, 6.45) is -7.52. The molecule has 0 aliphatic rings. The van der Waals surface area contributed by atoms with Gasteiger partial charge in [-0.3, -0.25) is 9.48 Å². The Hall–Kier alpha value is -4.29. The lowest BCUT2D eigenvalue weighted by Gasteiger charge is -2.20. The number of amides is 1. The summed E-state index contributed by atoms with van der Waals surface area (Å²) in [5.41, 5.74) is -2.65. The molecule has 0 aliphatic heterocycles. The van der Waals surface area contributed by atoms with E-state index in [4.69, 9.17) is 9.26 Å². The van der Waals surface area contributed by atoms with Crippen LogP contribution in [0.1, 0.15) is 40.1 Å². The number of alkyl halides is 6. The molecule has 0 spiro atoms. The molecule has 0 saturated heterocycles. The van der Waals surface area contributed by atoms with Crippen LogP contribution in [0.4, 0.5) is 32.0 Å². The number of aromatic nitrogens is 3. The third-order valence-corrected chi connectivity index (χ3v) is 5.51. The molecular weight excluding hydrogens is 506 g/mol. The van der Waals surface area contributed by atoms with Gasteiger partial charge in [-0.15, -0.1) is 0 Å². The van der Waals surface area contributed by atoms with E-state index >= 15 is 0 Å². The van der Waals surface area contributed by atoms with Gasteiger partial charge in [-0.1, -0.05) is 23.4 Å². The zero-order valence-electron chi connectivity index (χ0n) is 19.2. The van der Waals surface area contributed by atoms with E-state index in [1.807, 2.05) is 0 Å². The number of methoxy groups -OCH3 is 1. The highest BCUT2D eigenvalue weighted by Gasteiger charge is 2.39. The molecule has 1 atom stereocenters. The van der Waals surface area contributed by atoms with Crippen molar-refractivity contribution in [3.8, 4) is 17.1 Å². The van der Waals surface area contributed by atoms with Gasteiger partial charge in [0.25, 0.3) is 5.91 Å². The highest BCUT2D eigenvalue weighted by atomic mass is 19.4. The maximum atomic E-state index is 13.6. The van der Waals surface area contributed by atoms with Crippen molar-refractivity contribution in [2.24, 2.45) is 0 Å². The molecule has 1 N–H and O–H groups in total. The second-order valence-electron chi connectivity index (χ2n) is 7.91. The Kier molecular flexibility index (Phi) is 6.72. The summed E-state index contributed by atoms with van der Waals surface area (Å²) in [6.45, 7) is 1.34. The number of benzene rings is 2. The third-order valence-electron chi connectivity index (χ3n) is 5.51. The number of carbonyl (C=O) groups is 1. The highest BCUT2D eigenvalue weighted by Crippen LogP contribution is 2.40. The smallest absolute Gasteiger partial charge is 0.416 e. The Morgan fingerprint density at radius 1 is 1.05 bits per heavy atom. The van der Waals surface area contributed by atoms with Crippen LogP contribution in [0.5, 0.6) is 5.75 Å². The molecule has 0 fully saturated rings. The second-order valence-corrected chi connectivity index (χ2v) is 7.91. The number of carbonyl (C=O) groups excluding carboxylic acids is 1. The Bertz CT molecular complexity index is 1420. The summed E-state index contributed by atoms with van der Waals surface area (Å²) in [7, 11) is 1.48. The van der Waals surface area contributed by atoms with Crippen LogP contribution >= 0.6 is 0 Å². The number of hydrogen-bond acceptors (Lipinski definition) is 5. The first-order valence-electron chi connectivity index (χ1n) is 10.6. The molecule has 1 unspecified atom stereocenters. The molecule has 0 bridgehead atoms. The van der Waals surface area contributed by atoms with Crippen LogP contribution in [-0.2, 0) is 12.4 Å². The average Bonchev–Trinajstić information content (AvgIpc) is 3.52. The van der Waals surface area contributed by atoms with Crippen molar-refractivity contribution >= 4 is 11.6 Å². The molecule has 37 heavy (non-hydrogen) atoms. The van der Waals surface area contributed by atoms with Crippen molar-refractivity contribution in [1.29, 1.82) is 0 Å². The lowest BCUT2D eigenvalue weighted by atomic mass is 9.98. The van der Waals surface area contributed by atoms with E-state index in [-0.39, 0.29) is 23.2 Å². The summed E-state index contributed by atoms with van der Waals surface area (Å²) < 4.78 is 91.1. The van der Waals surface area contributed by atoms with Crippen LogP contribution in [0.15, 0.2) is 65.4 Å². The standard InChI is InChI=1S/C24H18F6N4O3/c1-13(16-8-7-14(23(25,26)27)9-18(16)24(28,29)30)34-12-15(11-31-34)32-22(35)19-10-21(37-33-19)17-5-3-4-6-20(17)36-2/h3-13H,1-2H3,(H,32,35). The Morgan fingerprint density at radius 2 is 1.78 bits per heavy atom. The minimum absolute atomic E-state index is 0.0713. The van der Waals surface area contributed by atoms with Crippen LogP contribution in [0.2, 0.25) is 0 Å². The van der Waals surface area contributed by atoms with Crippen molar-refractivity contribution in [3.05, 3.63) is 83.3 Å². The molecule has 2 heterocycles. The van der Waals surface area contributed by atoms with Gasteiger partial charge in [0.15, 0.2) is 11.5 Å². The van der Waals surface area contributed by atoms with Crippen LogP contribution in [0.3, 0.4) is 0 Å². The zero-order valence-corrected chi connectivity index (χ0v) is 19.2. The topological polar surface area (TPSA) is 82.2 Å². The molecule has 4 aromatic rings. The van der Waals surface area contributed by atoms with Gasteiger partial charge in [0, 0.05) is 12.3 Å². The fourth-order valence-electron chi connectivity index (χ4n) is 3.65. The van der Waals surface area contributed by atoms with E-state index in [1.54, 1.807) is 24.3 Å². The normalized spacial score (nSPS) is 12.9. The maximum Gasteiger partial charge on any atom is 0.416 e. The summed E-state index contributed by atoms with van der Waals surface area (Å²) in [6, 6.07) is 8.62. The molecule has 2 aromatic heterocycles. The Labute approximate surface area is 205 Å². The van der Waals surface area contributed by atoms with Gasteiger partial charge in [0.2, 0.25) is 0 Å². The predicted molar refractivity (Wildman–Crippen MR) is 119 cm³/mol. The van der Waals surface area contributed by atoms with Crippen LogP contribution in [0.25, 0.3) is 11.3 Å². The number of nitrogens with one attached hydrogen (secondary N) is 1. The molecule has 0 saturated carbocycles. The van der Waals surface area contributed by atoms with Gasteiger partial charge in [-0.2, -0.15) is 31.4 Å². The highest BCUT2D eigenvalue weighted by molar-refractivity contribution is 6.03. The molecule has 194 valence electrons. The van der Waals surface area contributed by atoms with E-state index in [1.165, 1.54) is 32.5 Å². The first-order chi connectivity index (χ1) is 17.4. The number of ether oxygens (including phenoxy) is 1. The fraction of sp³-hybridized carbons (Fsp3) is 0.208. The quantitative estimate of drug-likeness (QED) is 0.294. The third kappa shape index (κ3) is 5.44. The summed E-state index contributed by atoms with van der Waals surface area (Å²) in [5, 5.41) is 10.2. The van der Waals surface area contributed by atoms with Gasteiger partial charge >= 0.3 is 12.4 Å². The van der Waals surface area contributed by atoms with Crippen molar-refractivity contribution in [2.75, 3.05) is 12.4 Å². The molecule has 0 aliphatic carbocycles. The first kappa shape index (κ1) is 25.8. The maximum absolute atomic E-state index is 13.6. The Morgan fingerprint density at radius 3 is 2.46 bits per heavy atom. The number of para-hydroxylation sites is 1. The van der Waals surface area contributed by atoms with E-state index in [0.29, 0.717) is 17.4 Å². The SMILES string of the molecule is COc1ccccc1-c1cc(C(=O)Nc2cnn(C(C)c3ccc(C(F)(F)F)cc3C(F)(F)F)c2)no1. The minimum atomic E-state index is -5.03. The molecule has 7 nitrogen and oxygen atoms in total. The molecule has 1 amide bonds. The van der Waals surface area contributed by atoms with Crippen LogP contribution in [0, 0.1) is 0 Å². The lowest BCUT2D eigenvalue weighted by molar-refractivity contribution is -0.143. The number of nitrogens with zero attached hydrogens (tertiary/aromatic N) is 3. The second kappa shape index (κ2) is 9.64. The van der Waals surface area contributed by atoms with Gasteiger partial charge in [-0.05, 0) is 36.8 Å². The van der Waals surface area contributed by atoms with Crippen LogP contribution < -0.4 is 10.1 Å². The van der Waals surface area contributed by atoms with Crippen molar-refractivity contribution in [2.45, 2.75) is 25.3 Å². The number of hydrogen-bond donors (Lipinski definition) is 1. The first-order valence-corrected chi connectivity index (χ1v) is 10.6. The molecule has 4 rings (SSSR count). The predicted octanol–water partition coefficient (Wildman–Crippen LogP) is 6.45. The van der Waals surface area contributed by atoms with E-state index in [9.17, 15) is 31.1 Å². The summed E-state index contributed by atoms with van der Waals surface area (Å²) in [5.74, 6) is 0.0962. The molecule has 13 heteroatoms. The number of rotatable bonds is 6. The minimum Gasteiger partial charge on any atom is -0.496 e. The Balaban J connectivity index is 1.54. The number of halogens is 6. The van der Waals surface area contributed by atoms with Crippen LogP contribution in [-0.4, -0.2) is 28.0 Å². The molecule has 0 radical (unpaired) electrons. The fourth-order valence-corrected chi connectivity index (χ4v) is 3.65. The van der Waals surface area contributed by atoms with E-state index in [0.717, 1.165) is 10.7 Å². The van der Waals surface area contributed by atoms with Gasteiger partial charge < -0.3 is 14.6 Å². The number of anilines is 1. The van der Waals surface area contributed by atoms with Crippen molar-refractivity contribution < 1.29 is 40.4 Å². The average molecular weight is 524 g/mol. The van der Waals surface area contributed by atoms with E-state index < -0.39 is 41.0 Å². The lowest BCUT2D eigenvalue weighted by Crippen LogP contribution is -2.17. The van der Waals surface area contributed by atoms with Gasteiger partial charge in [-0.25, -0.2) is 0 Å². The van der Waals surface area contributed by atoms with Gasteiger partial charge in [0.1, 0.15) is 5.75 Å². The summed E-state index contributed by atoms with van der Waals surface area (Å²) in [4.78, 5) is 12.6. The van der Waals surface area contributed by atoms with Crippen molar-refractivity contribution in [1.82, 2.24) is 14.9 Å².